The summed E-state index contributed by atoms with van der Waals surface area (Å²) in [5.74, 6) is 0. The van der Waals surface area contributed by atoms with Crippen LogP contribution in [0, 0.1) is 0 Å². The zero-order valence-corrected chi connectivity index (χ0v) is 49.1. The highest BCUT2D eigenvalue weighted by Crippen LogP contribution is 2.53. The molecule has 404 valence electrons. The molecule has 0 aliphatic carbocycles. The lowest BCUT2D eigenvalue weighted by Gasteiger charge is -2.52. The largest absolute Gasteiger partial charge is 0.414 e. The van der Waals surface area contributed by atoms with Gasteiger partial charge in [0.15, 0.2) is 12.5 Å². The third kappa shape index (κ3) is 11.0. The number of hydrogen-bond acceptors (Lipinski definition) is 15. The Balaban J connectivity index is 0.000000264. The van der Waals surface area contributed by atoms with Gasteiger partial charge in [0, 0.05) is 37.6 Å². The lowest BCUT2D eigenvalue weighted by molar-refractivity contribution is -0.116. The highest BCUT2D eigenvalue weighted by molar-refractivity contribution is 6.84. The van der Waals surface area contributed by atoms with Crippen LogP contribution in [0.3, 0.4) is 0 Å². The van der Waals surface area contributed by atoms with Crippen molar-refractivity contribution in [2.45, 2.75) is 222 Å². The first-order chi connectivity index (χ1) is 33.0. The molecule has 4 aliphatic heterocycles. The summed E-state index contributed by atoms with van der Waals surface area (Å²) in [6.07, 6.45) is -0.436. The Labute approximate surface area is 423 Å². The van der Waals surface area contributed by atoms with Gasteiger partial charge in [-0.2, -0.15) is 0 Å². The Bertz CT molecular complexity index is 2320. The van der Waals surface area contributed by atoms with Crippen LogP contribution >= 0.6 is 0 Å². The van der Waals surface area contributed by atoms with Gasteiger partial charge in [0.1, 0.15) is 35.6 Å². The van der Waals surface area contributed by atoms with Gasteiger partial charge in [-0.3, -0.25) is 28.7 Å². The molecule has 4 saturated heterocycles. The highest BCUT2D eigenvalue weighted by atomic mass is 28.5. The van der Waals surface area contributed by atoms with Crippen molar-refractivity contribution in [3.8, 4) is 0 Å². The molecule has 4 aliphatic rings. The lowest BCUT2D eigenvalue weighted by Crippen LogP contribution is -2.67. The molecule has 4 unspecified atom stereocenters. The van der Waals surface area contributed by atoms with Gasteiger partial charge in [-0.15, -0.1) is 6.58 Å². The Morgan fingerprint density at radius 1 is 0.606 bits per heavy atom. The van der Waals surface area contributed by atoms with Gasteiger partial charge in [0.2, 0.25) is 0 Å². The van der Waals surface area contributed by atoms with Crippen molar-refractivity contribution in [2.24, 2.45) is 0 Å². The van der Waals surface area contributed by atoms with Crippen molar-refractivity contribution in [3.63, 3.8) is 0 Å². The number of nitrogens with one attached hydrogen (secondary N) is 2. The molecular formula is C48H86N4O15Si4. The van der Waals surface area contributed by atoms with E-state index in [-0.39, 0.29) is 83.4 Å². The first-order valence-electron chi connectivity index (χ1n) is 25.6. The fourth-order valence-electron chi connectivity index (χ4n) is 11.4. The molecule has 8 atom stereocenters. The van der Waals surface area contributed by atoms with Gasteiger partial charge >= 0.3 is 45.6 Å². The smallest absolute Gasteiger partial charge is 0.335 e. The van der Waals surface area contributed by atoms with Gasteiger partial charge in [-0.1, -0.05) is 117 Å². The lowest BCUT2D eigenvalue weighted by atomic mass is 9.89. The molecule has 0 amide bonds. The van der Waals surface area contributed by atoms with Crippen LogP contribution in [0.2, 0.25) is 44.3 Å². The van der Waals surface area contributed by atoms with Gasteiger partial charge in [0.05, 0.1) is 13.2 Å². The van der Waals surface area contributed by atoms with E-state index in [2.05, 4.69) is 127 Å². The number of aliphatic hydroxyl groups excluding tert-OH is 1. The number of aromatic amines is 2. The van der Waals surface area contributed by atoms with E-state index in [1.54, 1.807) is 6.08 Å². The first kappa shape index (κ1) is 59.4. The second-order valence-corrected chi connectivity index (χ2v) is 40.1. The van der Waals surface area contributed by atoms with Crippen molar-refractivity contribution >= 4 is 34.2 Å². The molecule has 4 fully saturated rings. The number of aliphatic hydroxyl groups is 3. The van der Waals surface area contributed by atoms with E-state index >= 15 is 0 Å². The third-order valence-corrected chi connectivity index (χ3v) is 35.6. The van der Waals surface area contributed by atoms with E-state index < -0.39 is 105 Å². The molecule has 6 heterocycles. The number of aromatic nitrogens is 4. The summed E-state index contributed by atoms with van der Waals surface area (Å²) in [5, 5.41) is 33.9. The predicted octanol–water partition coefficient (Wildman–Crippen LogP) is 6.59. The predicted molar refractivity (Wildman–Crippen MR) is 279 cm³/mol. The minimum atomic E-state index is -3.06. The zero-order valence-electron chi connectivity index (χ0n) is 45.1. The van der Waals surface area contributed by atoms with Gasteiger partial charge in [-0.05, 0) is 57.2 Å². The average molecular weight is 1070 g/mol. The second-order valence-electron chi connectivity index (χ2n) is 22.4. The van der Waals surface area contributed by atoms with Crippen molar-refractivity contribution < 1.29 is 50.7 Å². The van der Waals surface area contributed by atoms with Crippen LogP contribution in [0.25, 0.3) is 0 Å². The molecule has 23 heteroatoms. The molecule has 6 rings (SSSR count). The average Bonchev–Trinajstić information content (AvgIpc) is 3.66. The van der Waals surface area contributed by atoms with E-state index in [9.17, 15) is 34.5 Å². The maximum atomic E-state index is 12.7. The van der Waals surface area contributed by atoms with Crippen molar-refractivity contribution in [1.82, 2.24) is 19.1 Å². The SMILES string of the molecule is C=CC[C@@]1(O)C(n2ccc(=O)[nH]c2=O)OC2CO[Si](C(C)C)(C(C)C)O[Si](C(C)C)(C(C)C)O[C@H]21.CC(C)[Si]1(C(C)C)OCC2OC(n3ccc(=O)[nH]c3=O)[C@](O)(CCCO)[C@@H]2O[Si](C(C)C)(C(C)C)O1. The Morgan fingerprint density at radius 2 is 0.944 bits per heavy atom. The summed E-state index contributed by atoms with van der Waals surface area (Å²) in [7, 11) is -11.7. The Morgan fingerprint density at radius 3 is 1.25 bits per heavy atom. The number of H-pyrrole nitrogens is 2. The normalized spacial score (nSPS) is 30.3. The molecular weight excluding hydrogens is 985 g/mol. The van der Waals surface area contributed by atoms with Gasteiger partial charge < -0.3 is 50.7 Å². The summed E-state index contributed by atoms with van der Waals surface area (Å²) in [5.41, 5.74) is -4.86. The monoisotopic (exact) mass is 1070 g/mol. The number of hydrogen-bond donors (Lipinski definition) is 5. The van der Waals surface area contributed by atoms with E-state index in [4.69, 9.17) is 35.4 Å². The second kappa shape index (κ2) is 22.8. The summed E-state index contributed by atoms with van der Waals surface area (Å²) in [6, 6.07) is 2.45. The van der Waals surface area contributed by atoms with Crippen LogP contribution in [-0.2, 0) is 35.4 Å². The molecule has 2 aromatic rings. The number of fused-ring (bicyclic) bond motifs is 2. The maximum absolute atomic E-state index is 12.7. The number of rotatable bonds is 15. The molecule has 0 bridgehead atoms. The molecule has 0 aromatic carbocycles. The molecule has 0 radical (unpaired) electrons. The quantitative estimate of drug-likeness (QED) is 0.0933. The first-order valence-corrected chi connectivity index (χ1v) is 33.5. The van der Waals surface area contributed by atoms with Gasteiger partial charge in [0.25, 0.3) is 11.1 Å². The Hall–Kier alpha value is -2.47. The van der Waals surface area contributed by atoms with E-state index in [1.807, 2.05) is 0 Å². The standard InChI is InChI=1S/C24H44N2O8Si2.C24H42N2O7Si2/c1-15(2)35(16(3)4)31-14-19-21(33-36(34-35,17(5)6)18(7)8)24(30,11-9-13-27)22(32-19)26-12-10-20(28)25-23(26)29;1-10-12-24(29)21-19(31-22(24)26-13-11-20(27)25-23(26)28)14-30-34(15(2)3,16(4)5)33-35(32-21,17(6)7)18(8)9/h10,12,15-19,21-22,27,30H,9,11,13-14H2,1-8H3,(H,25,28,29);10-11,13,15-19,21-22,29H,1,12,14H2,2-9H3,(H,25,27,28)/t2*19?,21-,22?,24+/m11/s1. The molecule has 19 nitrogen and oxygen atoms in total. The molecule has 0 spiro atoms. The van der Waals surface area contributed by atoms with Crippen LogP contribution in [0.4, 0.5) is 0 Å². The number of ether oxygens (including phenoxy) is 2. The zero-order chi connectivity index (χ0) is 53.4. The summed E-state index contributed by atoms with van der Waals surface area (Å²) < 4.78 is 57.1. The molecule has 5 N–H and O–H groups in total. The summed E-state index contributed by atoms with van der Waals surface area (Å²) in [6.45, 7) is 37.8. The minimum Gasteiger partial charge on any atom is -0.414 e. The van der Waals surface area contributed by atoms with Crippen LogP contribution < -0.4 is 22.5 Å². The topological polar surface area (TPSA) is 244 Å². The summed E-state index contributed by atoms with van der Waals surface area (Å²) >= 11 is 0. The number of nitrogens with zero attached hydrogens (tertiary/aromatic N) is 2. The summed E-state index contributed by atoms with van der Waals surface area (Å²) in [4.78, 5) is 53.3. The van der Waals surface area contributed by atoms with Crippen LogP contribution in [0.5, 0.6) is 0 Å². The van der Waals surface area contributed by atoms with Crippen molar-refractivity contribution in [1.29, 1.82) is 0 Å². The molecule has 71 heavy (non-hydrogen) atoms. The fourth-order valence-corrected chi connectivity index (χ4v) is 33.9. The molecule has 0 saturated carbocycles. The third-order valence-electron chi connectivity index (χ3n) is 15.2. The van der Waals surface area contributed by atoms with E-state index in [0.717, 1.165) is 0 Å². The maximum Gasteiger partial charge on any atom is 0.335 e. The van der Waals surface area contributed by atoms with E-state index in [0.29, 0.717) is 0 Å². The Kier molecular flexibility index (Phi) is 19.1. The van der Waals surface area contributed by atoms with Crippen LogP contribution in [0.15, 0.2) is 56.4 Å². The molecule has 2 aromatic heterocycles. The minimum absolute atomic E-state index is 0.0427. The fraction of sp³-hybridized carbons (Fsp3) is 0.792. The van der Waals surface area contributed by atoms with E-state index in [1.165, 1.54) is 33.7 Å². The van der Waals surface area contributed by atoms with Crippen molar-refractivity contribution in [3.05, 3.63) is 78.9 Å². The highest BCUT2D eigenvalue weighted by Gasteiger charge is 2.67. The van der Waals surface area contributed by atoms with Crippen LogP contribution in [-0.4, -0.2) is 124 Å². The van der Waals surface area contributed by atoms with Gasteiger partial charge in [-0.25, -0.2) is 9.59 Å². The van der Waals surface area contributed by atoms with Crippen molar-refractivity contribution in [2.75, 3.05) is 19.8 Å². The van der Waals surface area contributed by atoms with Crippen LogP contribution in [0.1, 0.15) is 142 Å².